The molecule has 0 saturated heterocycles. The summed E-state index contributed by atoms with van der Waals surface area (Å²) in [5.41, 5.74) is 1.04. The predicted molar refractivity (Wildman–Crippen MR) is 114 cm³/mol. The van der Waals surface area contributed by atoms with Crippen LogP contribution in [0.25, 0.3) is 10.9 Å². The second kappa shape index (κ2) is 8.26. The number of benzene rings is 2. The molecule has 2 heterocycles. The lowest BCUT2D eigenvalue weighted by atomic mass is 10.1. The summed E-state index contributed by atoms with van der Waals surface area (Å²) in [6, 6.07) is 14.6. The number of thiophene rings is 1. The molecular formula is C21H15BrFN3O2S. The van der Waals surface area contributed by atoms with Crippen molar-refractivity contribution in [2.75, 3.05) is 0 Å². The zero-order chi connectivity index (χ0) is 20.4. The standard InChI is InChI=1S/C21H15BrFN3O2S/c22-14-5-8-17-16(10-14)21(28)26(12-24-17)11-19(27)25-20(18-2-1-9-29-18)13-3-6-15(23)7-4-13/h1-10,12,20H,11H2,(H,25,27). The predicted octanol–water partition coefficient (Wildman–Crippen LogP) is 4.27. The number of aromatic nitrogens is 2. The smallest absolute Gasteiger partial charge is 0.261 e. The van der Waals surface area contributed by atoms with Gasteiger partial charge in [-0.2, -0.15) is 0 Å². The van der Waals surface area contributed by atoms with Gasteiger partial charge < -0.3 is 5.32 Å². The molecule has 0 bridgehead atoms. The van der Waals surface area contributed by atoms with Crippen LogP contribution in [0.2, 0.25) is 0 Å². The number of hydrogen-bond donors (Lipinski definition) is 1. The molecule has 2 aromatic heterocycles. The van der Waals surface area contributed by atoms with E-state index in [9.17, 15) is 14.0 Å². The van der Waals surface area contributed by atoms with E-state index < -0.39 is 6.04 Å². The van der Waals surface area contributed by atoms with Crippen molar-refractivity contribution in [3.05, 3.63) is 97.4 Å². The van der Waals surface area contributed by atoms with Gasteiger partial charge in [0.15, 0.2) is 0 Å². The molecule has 29 heavy (non-hydrogen) atoms. The highest BCUT2D eigenvalue weighted by molar-refractivity contribution is 9.10. The SMILES string of the molecule is O=C(Cn1cnc2ccc(Br)cc2c1=O)NC(c1ccc(F)cc1)c1cccs1. The van der Waals surface area contributed by atoms with Gasteiger partial charge in [-0.15, -0.1) is 11.3 Å². The third kappa shape index (κ3) is 4.28. The highest BCUT2D eigenvalue weighted by Gasteiger charge is 2.19. The molecule has 4 aromatic rings. The van der Waals surface area contributed by atoms with Crippen molar-refractivity contribution in [2.24, 2.45) is 0 Å². The topological polar surface area (TPSA) is 64.0 Å². The maximum absolute atomic E-state index is 13.3. The Morgan fingerprint density at radius 3 is 2.72 bits per heavy atom. The maximum Gasteiger partial charge on any atom is 0.261 e. The Balaban J connectivity index is 1.60. The first-order valence-electron chi connectivity index (χ1n) is 8.74. The number of carbonyl (C=O) groups excluding carboxylic acids is 1. The summed E-state index contributed by atoms with van der Waals surface area (Å²) in [5.74, 6) is -0.684. The minimum Gasteiger partial charge on any atom is -0.343 e. The molecule has 0 aliphatic carbocycles. The van der Waals surface area contributed by atoms with Gasteiger partial charge in [0, 0.05) is 9.35 Å². The number of nitrogens with one attached hydrogen (secondary N) is 1. The number of carbonyl (C=O) groups is 1. The molecule has 1 amide bonds. The second-order valence-electron chi connectivity index (χ2n) is 6.41. The summed E-state index contributed by atoms with van der Waals surface area (Å²) in [7, 11) is 0. The molecule has 4 rings (SSSR count). The highest BCUT2D eigenvalue weighted by atomic mass is 79.9. The lowest BCUT2D eigenvalue weighted by molar-refractivity contribution is -0.122. The largest absolute Gasteiger partial charge is 0.343 e. The number of fused-ring (bicyclic) bond motifs is 1. The molecule has 0 saturated carbocycles. The molecule has 0 fully saturated rings. The van der Waals surface area contributed by atoms with Crippen molar-refractivity contribution in [3.63, 3.8) is 0 Å². The van der Waals surface area contributed by atoms with E-state index in [0.29, 0.717) is 10.9 Å². The molecule has 0 spiro atoms. The summed E-state index contributed by atoms with van der Waals surface area (Å²) in [4.78, 5) is 30.6. The van der Waals surface area contributed by atoms with Crippen molar-refractivity contribution in [1.29, 1.82) is 0 Å². The van der Waals surface area contributed by atoms with E-state index in [1.54, 1.807) is 30.3 Å². The van der Waals surface area contributed by atoms with E-state index in [-0.39, 0.29) is 23.8 Å². The Morgan fingerprint density at radius 1 is 1.21 bits per heavy atom. The Kier molecular flexibility index (Phi) is 5.55. The Bertz CT molecular complexity index is 1220. The molecule has 2 aromatic carbocycles. The van der Waals surface area contributed by atoms with E-state index >= 15 is 0 Å². The number of hydrogen-bond acceptors (Lipinski definition) is 4. The minimum absolute atomic E-state index is 0.169. The molecule has 0 aliphatic heterocycles. The Morgan fingerprint density at radius 2 is 2.00 bits per heavy atom. The first-order chi connectivity index (χ1) is 14.0. The normalized spacial score (nSPS) is 12.1. The third-order valence-corrected chi connectivity index (χ3v) is 5.87. The van der Waals surface area contributed by atoms with Crippen LogP contribution in [-0.4, -0.2) is 15.5 Å². The van der Waals surface area contributed by atoms with E-state index in [4.69, 9.17) is 0 Å². The fourth-order valence-corrected chi connectivity index (χ4v) is 4.20. The lowest BCUT2D eigenvalue weighted by Gasteiger charge is -2.18. The van der Waals surface area contributed by atoms with Gasteiger partial charge in [-0.1, -0.05) is 34.1 Å². The van der Waals surface area contributed by atoms with Gasteiger partial charge in [0.2, 0.25) is 5.91 Å². The maximum atomic E-state index is 13.3. The third-order valence-electron chi connectivity index (χ3n) is 4.44. The monoisotopic (exact) mass is 471 g/mol. The summed E-state index contributed by atoms with van der Waals surface area (Å²) >= 11 is 4.84. The average molecular weight is 472 g/mol. The number of halogens is 2. The fourth-order valence-electron chi connectivity index (χ4n) is 3.03. The molecule has 146 valence electrons. The van der Waals surface area contributed by atoms with Crippen LogP contribution in [0.4, 0.5) is 4.39 Å². The van der Waals surface area contributed by atoms with Gasteiger partial charge in [-0.05, 0) is 47.3 Å². The van der Waals surface area contributed by atoms with E-state index in [2.05, 4.69) is 26.2 Å². The molecule has 1 N–H and O–H groups in total. The first kappa shape index (κ1) is 19.5. The van der Waals surface area contributed by atoms with Gasteiger partial charge in [-0.3, -0.25) is 14.2 Å². The van der Waals surface area contributed by atoms with Crippen LogP contribution >= 0.6 is 27.3 Å². The van der Waals surface area contributed by atoms with Gasteiger partial charge in [0.25, 0.3) is 5.56 Å². The van der Waals surface area contributed by atoms with Crippen LogP contribution < -0.4 is 10.9 Å². The van der Waals surface area contributed by atoms with Gasteiger partial charge >= 0.3 is 0 Å². The van der Waals surface area contributed by atoms with E-state index in [0.717, 1.165) is 14.9 Å². The molecule has 0 aliphatic rings. The first-order valence-corrected chi connectivity index (χ1v) is 10.4. The van der Waals surface area contributed by atoms with Gasteiger partial charge in [-0.25, -0.2) is 9.37 Å². The van der Waals surface area contributed by atoms with Crippen molar-refractivity contribution in [3.8, 4) is 0 Å². The number of nitrogens with zero attached hydrogens (tertiary/aromatic N) is 2. The van der Waals surface area contributed by atoms with E-state index in [1.165, 1.54) is 34.4 Å². The van der Waals surface area contributed by atoms with E-state index in [1.807, 2.05) is 17.5 Å². The molecule has 1 unspecified atom stereocenters. The summed E-state index contributed by atoms with van der Waals surface area (Å²) in [6.45, 7) is -0.169. The zero-order valence-electron chi connectivity index (χ0n) is 15.0. The summed E-state index contributed by atoms with van der Waals surface area (Å²) in [6.07, 6.45) is 1.37. The van der Waals surface area contributed by atoms with Gasteiger partial charge in [0.05, 0.1) is 23.3 Å². The molecule has 8 heteroatoms. The van der Waals surface area contributed by atoms with Crippen LogP contribution in [0, 0.1) is 5.82 Å². The van der Waals surface area contributed by atoms with Crippen molar-refractivity contribution in [1.82, 2.24) is 14.9 Å². The summed E-state index contributed by atoms with van der Waals surface area (Å²) < 4.78 is 15.4. The van der Waals surface area contributed by atoms with Crippen LogP contribution in [-0.2, 0) is 11.3 Å². The lowest BCUT2D eigenvalue weighted by Crippen LogP contribution is -2.35. The van der Waals surface area contributed by atoms with Crippen molar-refractivity contribution >= 4 is 44.1 Å². The number of rotatable bonds is 5. The van der Waals surface area contributed by atoms with Crippen LogP contribution in [0.15, 0.2) is 75.6 Å². The summed E-state index contributed by atoms with van der Waals surface area (Å²) in [5, 5.41) is 5.29. The fraction of sp³-hybridized carbons (Fsp3) is 0.0952. The Labute approximate surface area is 178 Å². The minimum atomic E-state index is -0.429. The van der Waals surface area contributed by atoms with Crippen LogP contribution in [0.3, 0.4) is 0 Å². The van der Waals surface area contributed by atoms with Crippen LogP contribution in [0.1, 0.15) is 16.5 Å². The average Bonchev–Trinajstić information content (AvgIpc) is 3.24. The van der Waals surface area contributed by atoms with Gasteiger partial charge in [0.1, 0.15) is 12.4 Å². The highest BCUT2D eigenvalue weighted by Crippen LogP contribution is 2.26. The second-order valence-corrected chi connectivity index (χ2v) is 8.30. The molecule has 5 nitrogen and oxygen atoms in total. The molecular weight excluding hydrogens is 457 g/mol. The van der Waals surface area contributed by atoms with Crippen molar-refractivity contribution in [2.45, 2.75) is 12.6 Å². The molecule has 1 atom stereocenters. The Hall–Kier alpha value is -2.84. The zero-order valence-corrected chi connectivity index (χ0v) is 17.4. The van der Waals surface area contributed by atoms with Crippen molar-refractivity contribution < 1.29 is 9.18 Å². The molecule has 0 radical (unpaired) electrons. The van der Waals surface area contributed by atoms with Crippen LogP contribution in [0.5, 0.6) is 0 Å². The quantitative estimate of drug-likeness (QED) is 0.472. The number of amides is 1.